The fourth-order valence-corrected chi connectivity index (χ4v) is 5.48. The smallest absolute Gasteiger partial charge is 0.229 e. The van der Waals surface area contributed by atoms with Crippen LogP contribution in [0, 0.1) is 0 Å². The molecule has 1 saturated heterocycles. The number of nitrogens with two attached hydrogens (primary N) is 2. The number of hydrogen-bond acceptors (Lipinski definition) is 10. The average molecular weight is 528 g/mol. The lowest BCUT2D eigenvalue weighted by molar-refractivity contribution is -0.304. The first-order chi connectivity index (χ1) is 18.0. The van der Waals surface area contributed by atoms with Crippen molar-refractivity contribution in [2.45, 2.75) is 68.5 Å². The maximum atomic E-state index is 13.3. The highest BCUT2D eigenvalue weighted by molar-refractivity contribution is 6.29. The Labute approximate surface area is 217 Å². The molecule has 0 amide bonds. The molecule has 1 aliphatic heterocycles. The highest BCUT2D eigenvalue weighted by Crippen LogP contribution is 2.44. The van der Waals surface area contributed by atoms with Crippen molar-refractivity contribution in [2.75, 3.05) is 0 Å². The van der Waals surface area contributed by atoms with E-state index in [-0.39, 0.29) is 46.1 Å². The normalized spacial score (nSPS) is 27.9. The molecule has 0 radical (unpaired) electrons. The van der Waals surface area contributed by atoms with Crippen molar-refractivity contribution in [1.29, 1.82) is 0 Å². The lowest BCUT2D eigenvalue weighted by atomic mass is 9.82. The number of aliphatic imine (C=N–C) groups is 1. The van der Waals surface area contributed by atoms with E-state index in [2.05, 4.69) is 4.99 Å². The fraction of sp³-hybridized carbons (Fsp3) is 0.423. The number of ketones is 2. The van der Waals surface area contributed by atoms with Crippen LogP contribution in [-0.4, -0.2) is 79.4 Å². The van der Waals surface area contributed by atoms with Gasteiger partial charge in [-0.25, -0.2) is 4.99 Å². The number of carbonyl (C=O) groups excluding carboxylic acids is 2. The molecule has 5 rings (SSSR count). The van der Waals surface area contributed by atoms with E-state index in [9.17, 15) is 35.1 Å². The van der Waals surface area contributed by atoms with E-state index in [1.807, 2.05) is 0 Å². The molecule has 0 aromatic heterocycles. The standard InChI is InChI=1S/C26H29N3O9/c27-25(28)29-10-11-9-14-15(17(31)13-6-2-1-5-12(13)16(14)30)18(32)22(11)37-24-21(35)19(33)20(34)23(38-24)26(36)7-3-4-8-26/h1-2,5-6,9,19-21,23-24,32-36H,3-4,7-8,10H2,(H4,27,28,29)/t19-,20-,21+,23-,24+/m1/s1. The third-order valence-corrected chi connectivity index (χ3v) is 7.45. The van der Waals surface area contributed by atoms with Crippen LogP contribution >= 0.6 is 0 Å². The molecule has 1 saturated carbocycles. The summed E-state index contributed by atoms with van der Waals surface area (Å²) in [6, 6.07) is 7.48. The van der Waals surface area contributed by atoms with Crippen LogP contribution in [0.25, 0.3) is 0 Å². The molecule has 0 unspecified atom stereocenters. The quantitative estimate of drug-likeness (QED) is 0.165. The van der Waals surface area contributed by atoms with Gasteiger partial charge in [0, 0.05) is 22.3 Å². The highest BCUT2D eigenvalue weighted by atomic mass is 16.7. The third-order valence-electron chi connectivity index (χ3n) is 7.45. The highest BCUT2D eigenvalue weighted by Gasteiger charge is 2.54. The molecule has 2 aromatic carbocycles. The molecule has 38 heavy (non-hydrogen) atoms. The zero-order valence-corrected chi connectivity index (χ0v) is 20.3. The predicted molar refractivity (Wildman–Crippen MR) is 132 cm³/mol. The third kappa shape index (κ3) is 4.20. The SMILES string of the molecule is NC(N)=NCc1cc2c(c(O)c1O[C@H]1O[C@@H](C3(O)CCCC3)[C@H](O)[C@@H](O)[C@@H]1O)C(=O)c1ccccc1C2=O. The lowest BCUT2D eigenvalue weighted by Crippen LogP contribution is -2.65. The van der Waals surface area contributed by atoms with Crippen molar-refractivity contribution in [3.8, 4) is 11.5 Å². The zero-order chi connectivity index (χ0) is 27.4. The van der Waals surface area contributed by atoms with Crippen LogP contribution in [0.1, 0.15) is 63.1 Å². The van der Waals surface area contributed by atoms with Gasteiger partial charge in [-0.1, -0.05) is 37.1 Å². The summed E-state index contributed by atoms with van der Waals surface area (Å²) in [6.45, 7) is -0.275. The minimum absolute atomic E-state index is 0.0851. The van der Waals surface area contributed by atoms with Crippen LogP contribution in [-0.2, 0) is 11.3 Å². The summed E-state index contributed by atoms with van der Waals surface area (Å²) in [5.74, 6) is -2.48. The number of ether oxygens (including phenoxy) is 2. The Morgan fingerprint density at radius 3 is 2.26 bits per heavy atom. The molecule has 0 bridgehead atoms. The Kier molecular flexibility index (Phi) is 6.61. The molecular weight excluding hydrogens is 498 g/mol. The van der Waals surface area contributed by atoms with E-state index < -0.39 is 53.6 Å². The molecule has 3 aliphatic rings. The summed E-state index contributed by atoms with van der Waals surface area (Å²) in [5.41, 5.74) is 9.43. The summed E-state index contributed by atoms with van der Waals surface area (Å²) in [6.07, 6.45) is -6.16. The van der Waals surface area contributed by atoms with Crippen LogP contribution < -0.4 is 16.2 Å². The van der Waals surface area contributed by atoms with Crippen LogP contribution in [0.2, 0.25) is 0 Å². The number of aliphatic hydroxyl groups excluding tert-OH is 3. The predicted octanol–water partition coefficient (Wildman–Crippen LogP) is -0.568. The Morgan fingerprint density at radius 1 is 1.00 bits per heavy atom. The van der Waals surface area contributed by atoms with Gasteiger partial charge in [0.05, 0.1) is 17.7 Å². The van der Waals surface area contributed by atoms with Gasteiger partial charge in [-0.05, 0) is 18.9 Å². The number of nitrogens with zero attached hydrogens (tertiary/aromatic N) is 1. The fourth-order valence-electron chi connectivity index (χ4n) is 5.48. The monoisotopic (exact) mass is 527 g/mol. The molecule has 202 valence electrons. The van der Waals surface area contributed by atoms with Gasteiger partial charge in [-0.2, -0.15) is 0 Å². The van der Waals surface area contributed by atoms with Gasteiger partial charge in [-0.3, -0.25) is 9.59 Å². The van der Waals surface area contributed by atoms with Gasteiger partial charge in [-0.15, -0.1) is 0 Å². The van der Waals surface area contributed by atoms with Crippen LogP contribution in [0.5, 0.6) is 11.5 Å². The van der Waals surface area contributed by atoms with E-state index in [4.69, 9.17) is 20.9 Å². The summed E-state index contributed by atoms with van der Waals surface area (Å²) in [4.78, 5) is 30.4. The molecule has 12 nitrogen and oxygen atoms in total. The maximum Gasteiger partial charge on any atom is 0.229 e. The molecule has 5 atom stereocenters. The number of fused-ring (bicyclic) bond motifs is 2. The number of carbonyl (C=O) groups is 2. The van der Waals surface area contributed by atoms with Crippen LogP contribution in [0.4, 0.5) is 0 Å². The summed E-state index contributed by atoms with van der Waals surface area (Å²) in [5, 5.41) is 54.1. The minimum Gasteiger partial charge on any atom is -0.504 e. The largest absolute Gasteiger partial charge is 0.504 e. The van der Waals surface area contributed by atoms with Crippen molar-refractivity contribution in [1.82, 2.24) is 0 Å². The molecule has 0 spiro atoms. The lowest BCUT2D eigenvalue weighted by Gasteiger charge is -2.45. The van der Waals surface area contributed by atoms with Gasteiger partial charge in [0.1, 0.15) is 24.4 Å². The second-order valence-electron chi connectivity index (χ2n) is 9.91. The van der Waals surface area contributed by atoms with Gasteiger partial charge >= 0.3 is 0 Å². The van der Waals surface area contributed by atoms with E-state index in [1.165, 1.54) is 18.2 Å². The second-order valence-corrected chi connectivity index (χ2v) is 9.91. The topological polar surface area (TPSA) is 218 Å². The first-order valence-electron chi connectivity index (χ1n) is 12.2. The van der Waals surface area contributed by atoms with Gasteiger partial charge < -0.3 is 46.5 Å². The Balaban J connectivity index is 1.58. The van der Waals surface area contributed by atoms with Crippen molar-refractivity contribution in [3.63, 3.8) is 0 Å². The number of phenolic OH excluding ortho intramolecular Hbond substituents is 1. The Bertz CT molecular complexity index is 1320. The average Bonchev–Trinajstić information content (AvgIpc) is 3.34. The number of hydrogen-bond donors (Lipinski definition) is 7. The first kappa shape index (κ1) is 26.1. The molecule has 2 fully saturated rings. The van der Waals surface area contributed by atoms with Crippen molar-refractivity contribution in [3.05, 3.63) is 58.1 Å². The number of guanidine groups is 1. The molecule has 2 aromatic rings. The van der Waals surface area contributed by atoms with E-state index in [0.29, 0.717) is 25.7 Å². The molecular formula is C26H29N3O9. The molecule has 1 heterocycles. The number of aliphatic hydroxyl groups is 4. The number of benzene rings is 2. The Hall–Kier alpha value is -3.55. The van der Waals surface area contributed by atoms with Crippen molar-refractivity contribution < 1.29 is 44.6 Å². The molecule has 9 N–H and O–H groups in total. The number of rotatable bonds is 5. The molecule has 12 heteroatoms. The van der Waals surface area contributed by atoms with Gasteiger partial charge in [0.25, 0.3) is 0 Å². The van der Waals surface area contributed by atoms with E-state index in [1.54, 1.807) is 12.1 Å². The summed E-state index contributed by atoms with van der Waals surface area (Å²) >= 11 is 0. The number of phenols is 1. The van der Waals surface area contributed by atoms with Crippen LogP contribution in [0.3, 0.4) is 0 Å². The summed E-state index contributed by atoms with van der Waals surface area (Å²) in [7, 11) is 0. The Morgan fingerprint density at radius 2 is 1.63 bits per heavy atom. The summed E-state index contributed by atoms with van der Waals surface area (Å²) < 4.78 is 11.6. The van der Waals surface area contributed by atoms with Crippen molar-refractivity contribution in [2.24, 2.45) is 16.5 Å². The first-order valence-corrected chi connectivity index (χ1v) is 12.2. The minimum atomic E-state index is -1.80. The van der Waals surface area contributed by atoms with E-state index in [0.717, 1.165) is 0 Å². The maximum absolute atomic E-state index is 13.3. The van der Waals surface area contributed by atoms with Crippen LogP contribution in [0.15, 0.2) is 35.3 Å². The van der Waals surface area contributed by atoms with Gasteiger partial charge in [0.2, 0.25) is 6.29 Å². The van der Waals surface area contributed by atoms with Crippen molar-refractivity contribution >= 4 is 17.5 Å². The van der Waals surface area contributed by atoms with E-state index >= 15 is 0 Å². The molecule has 2 aliphatic carbocycles. The number of aromatic hydroxyl groups is 1. The second kappa shape index (κ2) is 9.64. The van der Waals surface area contributed by atoms with Gasteiger partial charge in [0.15, 0.2) is 29.0 Å². The zero-order valence-electron chi connectivity index (χ0n) is 20.3.